The third-order valence-electron chi connectivity index (χ3n) is 1.96. The van der Waals surface area contributed by atoms with Crippen LogP contribution in [0.2, 0.25) is 0 Å². The number of nitrogen functional groups attached to an aromatic ring is 1. The fourth-order valence-corrected chi connectivity index (χ4v) is 1.16. The average molecular weight is 227 g/mol. The van der Waals surface area contributed by atoms with E-state index in [1.54, 1.807) is 6.20 Å². The largest absolute Gasteiger partial charge is 0.389 e. The van der Waals surface area contributed by atoms with Crippen molar-refractivity contribution in [3.63, 3.8) is 0 Å². The molecule has 0 saturated carbocycles. The summed E-state index contributed by atoms with van der Waals surface area (Å²) < 4.78 is 4.81. The summed E-state index contributed by atoms with van der Waals surface area (Å²) in [7, 11) is 1.54. The van der Waals surface area contributed by atoms with Crippen molar-refractivity contribution < 1.29 is 9.84 Å². The molecule has 1 unspecified atom stereocenters. The lowest BCUT2D eigenvalue weighted by atomic mass is 10.3. The number of nitrogens with two attached hydrogens (primary N) is 1. The second kappa shape index (κ2) is 6.21. The summed E-state index contributed by atoms with van der Waals surface area (Å²) in [6.07, 6.45) is 1.07. The lowest BCUT2D eigenvalue weighted by Crippen LogP contribution is -2.25. The highest BCUT2D eigenvalue weighted by Gasteiger charge is 2.06. The van der Waals surface area contributed by atoms with E-state index in [0.29, 0.717) is 18.3 Å². The van der Waals surface area contributed by atoms with Crippen LogP contribution in [-0.2, 0) is 4.74 Å². The van der Waals surface area contributed by atoms with E-state index in [4.69, 9.17) is 10.6 Å². The molecule has 1 atom stereocenters. The van der Waals surface area contributed by atoms with E-state index >= 15 is 0 Å². The van der Waals surface area contributed by atoms with Crippen molar-refractivity contribution in [2.24, 2.45) is 5.84 Å². The Morgan fingerprint density at radius 3 is 3.00 bits per heavy atom. The number of aromatic nitrogens is 2. The van der Waals surface area contributed by atoms with Crippen molar-refractivity contribution in [1.82, 2.24) is 9.97 Å². The average Bonchev–Trinajstić information content (AvgIpc) is 2.28. The lowest BCUT2D eigenvalue weighted by Gasteiger charge is -2.13. The molecule has 0 fully saturated rings. The SMILES string of the molecule is COCC(O)CNc1nc(NN)ncc1C. The maximum absolute atomic E-state index is 9.46. The molecule has 7 nitrogen and oxygen atoms in total. The molecular weight excluding hydrogens is 210 g/mol. The van der Waals surface area contributed by atoms with E-state index in [1.165, 1.54) is 7.11 Å². The van der Waals surface area contributed by atoms with Gasteiger partial charge in [0.15, 0.2) is 0 Å². The predicted octanol–water partition coefficient (Wildman–Crippen LogP) is -0.510. The lowest BCUT2D eigenvalue weighted by molar-refractivity contribution is 0.0727. The molecule has 1 rings (SSSR count). The number of aliphatic hydroxyl groups is 1. The first-order valence-electron chi connectivity index (χ1n) is 4.88. The number of hydrazine groups is 1. The van der Waals surface area contributed by atoms with Crippen LogP contribution in [0.15, 0.2) is 6.20 Å². The van der Waals surface area contributed by atoms with E-state index in [2.05, 4.69) is 20.7 Å². The molecule has 16 heavy (non-hydrogen) atoms. The number of aryl methyl sites for hydroxylation is 1. The zero-order valence-corrected chi connectivity index (χ0v) is 9.40. The minimum absolute atomic E-state index is 0.277. The van der Waals surface area contributed by atoms with Gasteiger partial charge in [-0.1, -0.05) is 0 Å². The molecule has 7 heteroatoms. The van der Waals surface area contributed by atoms with Gasteiger partial charge in [0.25, 0.3) is 0 Å². The standard InChI is InChI=1S/C9H17N5O2/c1-6-3-12-9(14-10)13-8(6)11-4-7(15)5-16-2/h3,7,15H,4-5,10H2,1-2H3,(H2,11,12,13,14). The molecule has 0 aliphatic heterocycles. The Morgan fingerprint density at radius 2 is 2.38 bits per heavy atom. The van der Waals surface area contributed by atoms with Crippen LogP contribution >= 0.6 is 0 Å². The molecule has 1 heterocycles. The van der Waals surface area contributed by atoms with Gasteiger partial charge in [-0.05, 0) is 6.92 Å². The van der Waals surface area contributed by atoms with Gasteiger partial charge in [-0.2, -0.15) is 4.98 Å². The Bertz CT molecular complexity index is 334. The first kappa shape index (κ1) is 12.6. The Hall–Kier alpha value is -1.44. The van der Waals surface area contributed by atoms with E-state index in [0.717, 1.165) is 5.56 Å². The van der Waals surface area contributed by atoms with Crippen LogP contribution in [-0.4, -0.2) is 41.4 Å². The second-order valence-electron chi connectivity index (χ2n) is 3.36. The number of hydrogen-bond acceptors (Lipinski definition) is 7. The minimum Gasteiger partial charge on any atom is -0.389 e. The normalized spacial score (nSPS) is 12.2. The molecular formula is C9H17N5O2. The molecule has 0 amide bonds. The summed E-state index contributed by atoms with van der Waals surface area (Å²) in [4.78, 5) is 8.06. The monoisotopic (exact) mass is 227 g/mol. The summed E-state index contributed by atoms with van der Waals surface area (Å²) >= 11 is 0. The summed E-state index contributed by atoms with van der Waals surface area (Å²) in [6.45, 7) is 2.50. The van der Waals surface area contributed by atoms with Gasteiger partial charge in [0.1, 0.15) is 5.82 Å². The Kier molecular flexibility index (Phi) is 4.90. The van der Waals surface area contributed by atoms with Crippen molar-refractivity contribution in [3.8, 4) is 0 Å². The molecule has 0 aliphatic rings. The van der Waals surface area contributed by atoms with E-state index in [9.17, 15) is 5.11 Å². The molecule has 1 aromatic heterocycles. The third-order valence-corrected chi connectivity index (χ3v) is 1.96. The summed E-state index contributed by atoms with van der Waals surface area (Å²) in [5.41, 5.74) is 3.24. The van der Waals surface area contributed by atoms with Gasteiger partial charge in [-0.25, -0.2) is 10.8 Å². The van der Waals surface area contributed by atoms with E-state index in [1.807, 2.05) is 6.92 Å². The van der Waals surface area contributed by atoms with Crippen LogP contribution in [0.4, 0.5) is 11.8 Å². The van der Waals surface area contributed by atoms with Gasteiger partial charge in [-0.15, -0.1) is 0 Å². The van der Waals surface area contributed by atoms with Crippen LogP contribution in [0.5, 0.6) is 0 Å². The number of nitrogens with one attached hydrogen (secondary N) is 2. The third kappa shape index (κ3) is 3.61. The number of hydrogen-bond donors (Lipinski definition) is 4. The van der Waals surface area contributed by atoms with Crippen LogP contribution in [0.3, 0.4) is 0 Å². The first-order valence-corrected chi connectivity index (χ1v) is 4.88. The molecule has 0 saturated heterocycles. The van der Waals surface area contributed by atoms with Crippen molar-refractivity contribution in [2.75, 3.05) is 31.0 Å². The molecule has 5 N–H and O–H groups in total. The molecule has 0 aromatic carbocycles. The van der Waals surface area contributed by atoms with Gasteiger partial charge >= 0.3 is 0 Å². The smallest absolute Gasteiger partial charge is 0.239 e. The van der Waals surface area contributed by atoms with Gasteiger partial charge in [0.2, 0.25) is 5.95 Å². The maximum atomic E-state index is 9.46. The summed E-state index contributed by atoms with van der Waals surface area (Å²) in [5.74, 6) is 6.17. The fourth-order valence-electron chi connectivity index (χ4n) is 1.16. The van der Waals surface area contributed by atoms with E-state index < -0.39 is 6.10 Å². The van der Waals surface area contributed by atoms with Crippen LogP contribution < -0.4 is 16.6 Å². The highest BCUT2D eigenvalue weighted by atomic mass is 16.5. The number of rotatable bonds is 6. The molecule has 90 valence electrons. The summed E-state index contributed by atoms with van der Waals surface area (Å²) in [6, 6.07) is 0. The van der Waals surface area contributed by atoms with E-state index in [-0.39, 0.29) is 6.61 Å². The minimum atomic E-state index is -0.575. The summed E-state index contributed by atoms with van der Waals surface area (Å²) in [5, 5.41) is 12.5. The second-order valence-corrected chi connectivity index (χ2v) is 3.36. The van der Waals surface area contributed by atoms with Crippen molar-refractivity contribution in [1.29, 1.82) is 0 Å². The predicted molar refractivity (Wildman–Crippen MR) is 61.0 cm³/mol. The van der Waals surface area contributed by atoms with Gasteiger partial charge in [0, 0.05) is 25.4 Å². The highest BCUT2D eigenvalue weighted by molar-refractivity contribution is 5.46. The Morgan fingerprint density at radius 1 is 1.62 bits per heavy atom. The van der Waals surface area contributed by atoms with Crippen molar-refractivity contribution in [2.45, 2.75) is 13.0 Å². The number of nitrogens with zero attached hydrogens (tertiary/aromatic N) is 2. The van der Waals surface area contributed by atoms with Crippen LogP contribution in [0, 0.1) is 6.92 Å². The number of anilines is 2. The van der Waals surface area contributed by atoms with Gasteiger partial charge in [-0.3, -0.25) is 5.43 Å². The Balaban J connectivity index is 2.58. The van der Waals surface area contributed by atoms with Crippen LogP contribution in [0.25, 0.3) is 0 Å². The van der Waals surface area contributed by atoms with Crippen LogP contribution in [0.1, 0.15) is 5.56 Å². The maximum Gasteiger partial charge on any atom is 0.239 e. The van der Waals surface area contributed by atoms with Gasteiger partial charge in [0.05, 0.1) is 12.7 Å². The number of ether oxygens (including phenoxy) is 1. The number of methoxy groups -OCH3 is 1. The highest BCUT2D eigenvalue weighted by Crippen LogP contribution is 2.11. The van der Waals surface area contributed by atoms with Gasteiger partial charge < -0.3 is 15.2 Å². The quantitative estimate of drug-likeness (QED) is 0.383. The van der Waals surface area contributed by atoms with Crippen molar-refractivity contribution >= 4 is 11.8 Å². The number of aliphatic hydroxyl groups excluding tert-OH is 1. The first-order chi connectivity index (χ1) is 7.67. The zero-order chi connectivity index (χ0) is 12.0. The molecule has 1 aromatic rings. The molecule has 0 aliphatic carbocycles. The zero-order valence-electron chi connectivity index (χ0n) is 9.40. The van der Waals surface area contributed by atoms with Crippen molar-refractivity contribution in [3.05, 3.63) is 11.8 Å². The fraction of sp³-hybridized carbons (Fsp3) is 0.556. The molecule has 0 spiro atoms. The molecule has 0 bridgehead atoms. The topological polar surface area (TPSA) is 105 Å². The Labute approximate surface area is 94.0 Å². The molecule has 0 radical (unpaired) electrons.